The molecule has 29 heavy (non-hydrogen) atoms. The van der Waals surface area contributed by atoms with Crippen LogP contribution in [0.5, 0.6) is 5.75 Å². The first kappa shape index (κ1) is 18.0. The molecular weight excluding hydrogens is 356 g/mol. The number of aromatic amines is 1. The fourth-order valence-electron chi connectivity index (χ4n) is 4.31. The summed E-state index contributed by atoms with van der Waals surface area (Å²) in [5, 5.41) is 5.05. The van der Waals surface area contributed by atoms with Gasteiger partial charge in [0.15, 0.2) is 0 Å². The van der Waals surface area contributed by atoms with E-state index in [1.54, 1.807) is 0 Å². The number of fused-ring (bicyclic) bond motifs is 3. The highest BCUT2D eigenvalue weighted by Crippen LogP contribution is 2.34. The van der Waals surface area contributed by atoms with Crippen molar-refractivity contribution in [2.24, 2.45) is 0 Å². The molecule has 1 aliphatic heterocycles. The molecule has 0 aliphatic carbocycles. The molecule has 3 nitrogen and oxygen atoms in total. The summed E-state index contributed by atoms with van der Waals surface area (Å²) >= 11 is 0. The number of H-pyrrole nitrogens is 1. The average molecular weight is 383 g/mol. The largest absolute Gasteiger partial charge is 0.493 e. The van der Waals surface area contributed by atoms with E-state index in [1.807, 2.05) is 6.07 Å². The van der Waals surface area contributed by atoms with Crippen molar-refractivity contribution < 1.29 is 4.74 Å². The zero-order chi connectivity index (χ0) is 19.6. The number of rotatable bonds is 5. The van der Waals surface area contributed by atoms with Crippen LogP contribution in [-0.2, 0) is 12.8 Å². The van der Waals surface area contributed by atoms with E-state index in [1.165, 1.54) is 38.9 Å². The topological polar surface area (TPSA) is 37.0 Å². The molecule has 3 aromatic carbocycles. The third kappa shape index (κ3) is 3.66. The SMILES string of the molecule is Cc1ccc2[nH]c3c(c2c1)CCNC3c1ccc(OCCc2ccccc2)cc1. The van der Waals surface area contributed by atoms with E-state index in [0.717, 1.165) is 25.1 Å². The van der Waals surface area contributed by atoms with Gasteiger partial charge in [-0.1, -0.05) is 54.1 Å². The summed E-state index contributed by atoms with van der Waals surface area (Å²) < 4.78 is 5.95. The molecule has 0 radical (unpaired) electrons. The smallest absolute Gasteiger partial charge is 0.119 e. The van der Waals surface area contributed by atoms with Crippen LogP contribution in [0.15, 0.2) is 72.8 Å². The van der Waals surface area contributed by atoms with Gasteiger partial charge in [0.25, 0.3) is 0 Å². The highest BCUT2D eigenvalue weighted by atomic mass is 16.5. The second-order valence-electron chi connectivity index (χ2n) is 7.86. The van der Waals surface area contributed by atoms with Gasteiger partial charge in [0.1, 0.15) is 5.75 Å². The molecule has 0 amide bonds. The highest BCUT2D eigenvalue weighted by Gasteiger charge is 2.25. The van der Waals surface area contributed by atoms with E-state index in [2.05, 4.69) is 84.0 Å². The van der Waals surface area contributed by atoms with E-state index in [4.69, 9.17) is 4.74 Å². The minimum atomic E-state index is 0.199. The molecule has 0 bridgehead atoms. The molecule has 1 aliphatic rings. The van der Waals surface area contributed by atoms with Gasteiger partial charge in [0.05, 0.1) is 12.6 Å². The first-order chi connectivity index (χ1) is 14.3. The number of aromatic nitrogens is 1. The zero-order valence-electron chi connectivity index (χ0n) is 16.7. The van der Waals surface area contributed by atoms with Crippen LogP contribution in [0.4, 0.5) is 0 Å². The molecule has 1 atom stereocenters. The van der Waals surface area contributed by atoms with Crippen LogP contribution < -0.4 is 10.1 Å². The summed E-state index contributed by atoms with van der Waals surface area (Å²) in [7, 11) is 0. The fourth-order valence-corrected chi connectivity index (χ4v) is 4.31. The summed E-state index contributed by atoms with van der Waals surface area (Å²) in [5.41, 5.74) is 7.87. The maximum atomic E-state index is 5.95. The Morgan fingerprint density at radius 3 is 2.62 bits per heavy atom. The third-order valence-electron chi connectivity index (χ3n) is 5.82. The Morgan fingerprint density at radius 2 is 1.79 bits per heavy atom. The van der Waals surface area contributed by atoms with Crippen molar-refractivity contribution in [3.63, 3.8) is 0 Å². The first-order valence-electron chi connectivity index (χ1n) is 10.4. The second-order valence-corrected chi connectivity index (χ2v) is 7.86. The lowest BCUT2D eigenvalue weighted by Gasteiger charge is -2.25. The molecule has 0 spiro atoms. The number of benzene rings is 3. The van der Waals surface area contributed by atoms with Gasteiger partial charge < -0.3 is 15.0 Å². The molecule has 0 fully saturated rings. The van der Waals surface area contributed by atoms with Gasteiger partial charge in [0.2, 0.25) is 0 Å². The predicted molar refractivity (Wildman–Crippen MR) is 119 cm³/mol. The Labute approximate surface area is 171 Å². The van der Waals surface area contributed by atoms with Crippen LogP contribution in [0.1, 0.15) is 34.0 Å². The molecule has 1 unspecified atom stereocenters. The van der Waals surface area contributed by atoms with E-state index in [0.29, 0.717) is 6.61 Å². The molecule has 5 rings (SSSR count). The normalized spacial score (nSPS) is 16.0. The van der Waals surface area contributed by atoms with Crippen molar-refractivity contribution in [3.8, 4) is 5.75 Å². The maximum absolute atomic E-state index is 5.95. The van der Waals surface area contributed by atoms with E-state index in [9.17, 15) is 0 Å². The van der Waals surface area contributed by atoms with Crippen molar-refractivity contribution in [3.05, 3.63) is 101 Å². The lowest BCUT2D eigenvalue weighted by atomic mass is 9.94. The molecule has 2 heterocycles. The minimum absolute atomic E-state index is 0.199. The lowest BCUT2D eigenvalue weighted by Crippen LogP contribution is -2.30. The van der Waals surface area contributed by atoms with Crippen molar-refractivity contribution >= 4 is 10.9 Å². The summed E-state index contributed by atoms with van der Waals surface area (Å²) in [5.74, 6) is 0.924. The van der Waals surface area contributed by atoms with Gasteiger partial charge in [-0.25, -0.2) is 0 Å². The Morgan fingerprint density at radius 1 is 0.966 bits per heavy atom. The van der Waals surface area contributed by atoms with Gasteiger partial charge in [0, 0.05) is 29.6 Å². The highest BCUT2D eigenvalue weighted by molar-refractivity contribution is 5.86. The number of nitrogens with one attached hydrogen (secondary N) is 2. The Hall–Kier alpha value is -3.04. The predicted octanol–water partition coefficient (Wildman–Crippen LogP) is 5.33. The van der Waals surface area contributed by atoms with Crippen LogP contribution in [0.3, 0.4) is 0 Å². The summed E-state index contributed by atoms with van der Waals surface area (Å²) in [6.07, 6.45) is 1.99. The number of ether oxygens (including phenoxy) is 1. The maximum Gasteiger partial charge on any atom is 0.119 e. The molecule has 146 valence electrons. The van der Waals surface area contributed by atoms with Crippen LogP contribution in [0.2, 0.25) is 0 Å². The standard InChI is InChI=1S/C26H26N2O/c1-18-7-12-24-23(17-18)22-13-15-27-25(26(22)28-24)20-8-10-21(11-9-20)29-16-14-19-5-3-2-4-6-19/h2-12,17,25,27-28H,13-16H2,1H3. The summed E-state index contributed by atoms with van der Waals surface area (Å²) in [6.45, 7) is 3.85. The van der Waals surface area contributed by atoms with Crippen molar-refractivity contribution in [2.75, 3.05) is 13.2 Å². The van der Waals surface area contributed by atoms with Gasteiger partial charge in [-0.2, -0.15) is 0 Å². The Balaban J connectivity index is 1.32. The number of aryl methyl sites for hydroxylation is 1. The molecule has 0 saturated carbocycles. The quantitative estimate of drug-likeness (QED) is 0.489. The number of hydrogen-bond acceptors (Lipinski definition) is 2. The molecule has 3 heteroatoms. The van der Waals surface area contributed by atoms with Crippen LogP contribution >= 0.6 is 0 Å². The van der Waals surface area contributed by atoms with Crippen LogP contribution in [0, 0.1) is 6.92 Å². The monoisotopic (exact) mass is 382 g/mol. The second kappa shape index (κ2) is 7.76. The van der Waals surface area contributed by atoms with E-state index in [-0.39, 0.29) is 6.04 Å². The molecule has 2 N–H and O–H groups in total. The van der Waals surface area contributed by atoms with E-state index < -0.39 is 0 Å². The average Bonchev–Trinajstić information content (AvgIpc) is 3.13. The Bertz CT molecular complexity index is 1110. The minimum Gasteiger partial charge on any atom is -0.493 e. The van der Waals surface area contributed by atoms with Crippen molar-refractivity contribution in [1.29, 1.82) is 0 Å². The van der Waals surface area contributed by atoms with Gasteiger partial charge >= 0.3 is 0 Å². The third-order valence-corrected chi connectivity index (χ3v) is 5.82. The molecule has 1 aromatic heterocycles. The lowest BCUT2D eigenvalue weighted by molar-refractivity contribution is 0.322. The van der Waals surface area contributed by atoms with Crippen molar-refractivity contribution in [1.82, 2.24) is 10.3 Å². The van der Waals surface area contributed by atoms with Gasteiger partial charge in [-0.05, 0) is 54.3 Å². The van der Waals surface area contributed by atoms with Crippen LogP contribution in [0.25, 0.3) is 10.9 Å². The zero-order valence-corrected chi connectivity index (χ0v) is 16.7. The summed E-state index contributed by atoms with van der Waals surface area (Å²) in [4.78, 5) is 3.67. The van der Waals surface area contributed by atoms with Gasteiger partial charge in [-0.3, -0.25) is 0 Å². The molecule has 0 saturated heterocycles. The molecular formula is C26H26N2O. The van der Waals surface area contributed by atoms with Crippen molar-refractivity contribution in [2.45, 2.75) is 25.8 Å². The fraction of sp³-hybridized carbons (Fsp3) is 0.231. The Kier molecular flexibility index (Phi) is 4.82. The molecule has 4 aromatic rings. The van der Waals surface area contributed by atoms with Gasteiger partial charge in [-0.15, -0.1) is 0 Å². The van der Waals surface area contributed by atoms with Crippen LogP contribution in [-0.4, -0.2) is 18.1 Å². The first-order valence-corrected chi connectivity index (χ1v) is 10.4. The van der Waals surface area contributed by atoms with E-state index >= 15 is 0 Å². The number of hydrogen-bond donors (Lipinski definition) is 2. The summed E-state index contributed by atoms with van der Waals surface area (Å²) in [6, 6.07) is 25.9.